The van der Waals surface area contributed by atoms with Gasteiger partial charge in [0.15, 0.2) is 0 Å². The van der Waals surface area contributed by atoms with Gasteiger partial charge in [-0.05, 0) is 80.8 Å². The first kappa shape index (κ1) is 30.9. The molecule has 1 aliphatic carbocycles. The summed E-state index contributed by atoms with van der Waals surface area (Å²) in [5, 5.41) is 3.08. The molecule has 0 saturated heterocycles. The maximum absolute atomic E-state index is 14.1. The minimum atomic E-state index is -4.14. The van der Waals surface area contributed by atoms with Crippen molar-refractivity contribution in [3.8, 4) is 11.5 Å². The van der Waals surface area contributed by atoms with Crippen LogP contribution in [0, 0.1) is 6.92 Å². The molecule has 42 heavy (non-hydrogen) atoms. The van der Waals surface area contributed by atoms with E-state index in [1.165, 1.54) is 24.1 Å². The summed E-state index contributed by atoms with van der Waals surface area (Å²) in [5.74, 6) is 0.383. The first-order valence-corrected chi connectivity index (χ1v) is 15.5. The third-order valence-corrected chi connectivity index (χ3v) is 9.39. The van der Waals surface area contributed by atoms with Crippen LogP contribution in [-0.4, -0.2) is 58.0 Å². The number of methoxy groups -OCH3 is 2. The van der Waals surface area contributed by atoms with Gasteiger partial charge in [-0.3, -0.25) is 13.9 Å². The molecule has 0 spiro atoms. The molecule has 0 aliphatic heterocycles. The second-order valence-corrected chi connectivity index (χ2v) is 12.4. The zero-order valence-corrected chi connectivity index (χ0v) is 25.4. The first-order chi connectivity index (χ1) is 20.1. The predicted molar refractivity (Wildman–Crippen MR) is 162 cm³/mol. The van der Waals surface area contributed by atoms with E-state index in [9.17, 15) is 18.0 Å². The molecule has 10 heteroatoms. The van der Waals surface area contributed by atoms with Crippen LogP contribution in [0.3, 0.4) is 0 Å². The first-order valence-electron chi connectivity index (χ1n) is 14.1. The lowest BCUT2D eigenvalue weighted by Gasteiger charge is -2.32. The number of amides is 2. The Bertz CT molecular complexity index is 1470. The Balaban J connectivity index is 1.69. The lowest BCUT2D eigenvalue weighted by atomic mass is 10.1. The molecule has 1 atom stereocenters. The number of anilines is 1. The number of carbonyl (C=O) groups excluding carboxylic acids is 2. The highest BCUT2D eigenvalue weighted by Crippen LogP contribution is 2.27. The number of rotatable bonds is 12. The molecule has 2 amide bonds. The van der Waals surface area contributed by atoms with Crippen molar-refractivity contribution in [2.45, 2.75) is 63.1 Å². The summed E-state index contributed by atoms with van der Waals surface area (Å²) in [7, 11) is -1.06. The van der Waals surface area contributed by atoms with Gasteiger partial charge in [-0.1, -0.05) is 42.7 Å². The van der Waals surface area contributed by atoms with Gasteiger partial charge in [0.05, 0.1) is 24.8 Å². The number of benzene rings is 3. The van der Waals surface area contributed by atoms with Crippen molar-refractivity contribution in [3.63, 3.8) is 0 Å². The normalized spacial score (nSPS) is 14.2. The second kappa shape index (κ2) is 13.7. The van der Waals surface area contributed by atoms with Crippen molar-refractivity contribution in [2.24, 2.45) is 0 Å². The molecule has 0 radical (unpaired) electrons. The van der Waals surface area contributed by atoms with Crippen LogP contribution in [0.4, 0.5) is 5.69 Å². The number of hydrogen-bond acceptors (Lipinski definition) is 6. The van der Waals surface area contributed by atoms with Gasteiger partial charge in [0.25, 0.3) is 10.0 Å². The van der Waals surface area contributed by atoms with Gasteiger partial charge >= 0.3 is 0 Å². The highest BCUT2D eigenvalue weighted by molar-refractivity contribution is 7.92. The molecule has 9 nitrogen and oxygen atoms in total. The molecule has 1 saturated carbocycles. The fourth-order valence-electron chi connectivity index (χ4n) is 5.06. The SMILES string of the molecule is COc1ccc(N(CC(=O)N(Cc2cccc(OC)c2)[C@@H](C)C(=O)NC2CCCC2)S(=O)(=O)c2ccc(C)cc2)cc1. The number of carbonyl (C=O) groups is 2. The van der Waals surface area contributed by atoms with E-state index in [4.69, 9.17) is 9.47 Å². The summed E-state index contributed by atoms with van der Waals surface area (Å²) in [5.41, 5.74) is 1.96. The molecule has 4 rings (SSSR count). The molecule has 224 valence electrons. The van der Waals surface area contributed by atoms with Gasteiger partial charge in [-0.2, -0.15) is 0 Å². The smallest absolute Gasteiger partial charge is 0.264 e. The summed E-state index contributed by atoms with van der Waals surface area (Å²) in [6.07, 6.45) is 3.92. The van der Waals surface area contributed by atoms with Crippen LogP contribution in [0.5, 0.6) is 11.5 Å². The van der Waals surface area contributed by atoms with Crippen molar-refractivity contribution in [2.75, 3.05) is 25.1 Å². The van der Waals surface area contributed by atoms with Crippen molar-refractivity contribution in [3.05, 3.63) is 83.9 Å². The Labute approximate surface area is 248 Å². The highest BCUT2D eigenvalue weighted by atomic mass is 32.2. The molecule has 3 aromatic carbocycles. The Hall–Kier alpha value is -4.05. The van der Waals surface area contributed by atoms with E-state index in [0.29, 0.717) is 17.2 Å². The Morgan fingerprint density at radius 1 is 0.929 bits per heavy atom. The Morgan fingerprint density at radius 3 is 2.19 bits per heavy atom. The van der Waals surface area contributed by atoms with Crippen LogP contribution >= 0.6 is 0 Å². The third-order valence-electron chi connectivity index (χ3n) is 7.60. The van der Waals surface area contributed by atoms with Crippen molar-refractivity contribution >= 4 is 27.5 Å². The molecule has 0 aromatic heterocycles. The van der Waals surface area contributed by atoms with Crippen LogP contribution in [0.25, 0.3) is 0 Å². The van der Waals surface area contributed by atoms with Gasteiger partial charge in [0, 0.05) is 12.6 Å². The highest BCUT2D eigenvalue weighted by Gasteiger charge is 2.33. The summed E-state index contributed by atoms with van der Waals surface area (Å²) in [6.45, 7) is 3.13. The van der Waals surface area contributed by atoms with Gasteiger partial charge in [0.1, 0.15) is 24.1 Å². The average Bonchev–Trinajstić information content (AvgIpc) is 3.51. The monoisotopic (exact) mass is 593 g/mol. The fourth-order valence-corrected chi connectivity index (χ4v) is 6.47. The second-order valence-electron chi connectivity index (χ2n) is 10.6. The largest absolute Gasteiger partial charge is 0.497 e. The lowest BCUT2D eigenvalue weighted by Crippen LogP contribution is -2.52. The maximum Gasteiger partial charge on any atom is 0.264 e. The lowest BCUT2D eigenvalue weighted by molar-refractivity contribution is -0.139. The van der Waals surface area contributed by atoms with Crippen LogP contribution in [-0.2, 0) is 26.2 Å². The Kier molecular flexibility index (Phi) is 10.1. The molecule has 0 unspecified atom stereocenters. The van der Waals surface area contributed by atoms with E-state index in [1.807, 2.05) is 19.1 Å². The van der Waals surface area contributed by atoms with Crippen LogP contribution in [0.1, 0.15) is 43.7 Å². The van der Waals surface area contributed by atoms with Gasteiger partial charge < -0.3 is 19.7 Å². The summed E-state index contributed by atoms with van der Waals surface area (Å²) >= 11 is 0. The predicted octanol–water partition coefficient (Wildman–Crippen LogP) is 4.68. The molecular formula is C32H39N3O6S. The number of sulfonamides is 1. The van der Waals surface area contributed by atoms with E-state index in [1.54, 1.807) is 62.6 Å². The molecular weight excluding hydrogens is 554 g/mol. The number of hydrogen-bond donors (Lipinski definition) is 1. The number of aryl methyl sites for hydroxylation is 1. The van der Waals surface area contributed by atoms with Crippen molar-refractivity contribution in [1.82, 2.24) is 10.2 Å². The summed E-state index contributed by atoms with van der Waals surface area (Å²) in [4.78, 5) is 29.0. The zero-order chi connectivity index (χ0) is 30.3. The van der Waals surface area contributed by atoms with Gasteiger partial charge in [-0.25, -0.2) is 8.42 Å². The molecule has 3 aromatic rings. The van der Waals surface area contributed by atoms with E-state index in [0.717, 1.165) is 41.1 Å². The quantitative estimate of drug-likeness (QED) is 0.327. The van der Waals surface area contributed by atoms with Gasteiger partial charge in [0.2, 0.25) is 11.8 Å². The Morgan fingerprint density at radius 2 is 1.57 bits per heavy atom. The standard InChI is InChI=1S/C32H39N3O6S/c1-23-12-18-30(19-13-23)42(38,39)35(27-14-16-28(40-3)17-15-27)22-31(36)34(21-25-8-7-11-29(20-25)41-4)24(2)32(37)33-26-9-5-6-10-26/h7-8,11-20,24,26H,5-6,9-10,21-22H2,1-4H3,(H,33,37)/t24-/m0/s1. The van der Waals surface area contributed by atoms with Crippen molar-refractivity contribution < 1.29 is 27.5 Å². The maximum atomic E-state index is 14.1. The van der Waals surface area contributed by atoms with Crippen molar-refractivity contribution in [1.29, 1.82) is 0 Å². The van der Waals surface area contributed by atoms with Crippen LogP contribution in [0.15, 0.2) is 77.7 Å². The topological polar surface area (TPSA) is 105 Å². The van der Waals surface area contributed by atoms with Crippen LogP contribution < -0.4 is 19.1 Å². The number of nitrogens with one attached hydrogen (secondary N) is 1. The van der Waals surface area contributed by atoms with E-state index in [2.05, 4.69) is 5.32 Å². The third kappa shape index (κ3) is 7.42. The summed E-state index contributed by atoms with van der Waals surface area (Å²) in [6, 6.07) is 19.4. The molecule has 1 N–H and O–H groups in total. The van der Waals surface area contributed by atoms with E-state index < -0.39 is 28.5 Å². The zero-order valence-electron chi connectivity index (χ0n) is 24.6. The minimum Gasteiger partial charge on any atom is -0.497 e. The number of nitrogens with zero attached hydrogens (tertiary/aromatic N) is 2. The number of ether oxygens (including phenoxy) is 2. The molecule has 0 bridgehead atoms. The van der Waals surface area contributed by atoms with E-state index in [-0.39, 0.29) is 23.4 Å². The average molecular weight is 594 g/mol. The van der Waals surface area contributed by atoms with Crippen LogP contribution in [0.2, 0.25) is 0 Å². The fraction of sp³-hybridized carbons (Fsp3) is 0.375. The minimum absolute atomic E-state index is 0.0584. The van der Waals surface area contributed by atoms with E-state index >= 15 is 0 Å². The summed E-state index contributed by atoms with van der Waals surface area (Å²) < 4.78 is 39.6. The molecule has 1 aliphatic rings. The molecule has 1 fully saturated rings. The van der Waals surface area contributed by atoms with Gasteiger partial charge in [-0.15, -0.1) is 0 Å². The molecule has 0 heterocycles.